The van der Waals surface area contributed by atoms with Crippen LogP contribution in [0.3, 0.4) is 0 Å². The summed E-state index contributed by atoms with van der Waals surface area (Å²) in [5, 5.41) is 2.98. The average Bonchev–Trinajstić information content (AvgIpc) is 3.25. The van der Waals surface area contributed by atoms with E-state index in [-0.39, 0.29) is 12.5 Å². The molecule has 0 saturated carbocycles. The molecule has 1 heterocycles. The summed E-state index contributed by atoms with van der Waals surface area (Å²) in [6.45, 7) is -0.463. The molecular formula is C25H22F6N4O3. The lowest BCUT2D eigenvalue weighted by molar-refractivity contribution is -0.143. The van der Waals surface area contributed by atoms with Crippen molar-refractivity contribution in [1.82, 2.24) is 15.2 Å². The largest absolute Gasteiger partial charge is 0.416 e. The maximum atomic E-state index is 13.3. The number of carbonyl (C=O) groups excluding carboxylic acids is 3. The lowest BCUT2D eigenvalue weighted by Crippen LogP contribution is -2.38. The van der Waals surface area contributed by atoms with Crippen molar-refractivity contribution in [3.63, 3.8) is 0 Å². The Labute approximate surface area is 212 Å². The molecule has 0 aliphatic carbocycles. The van der Waals surface area contributed by atoms with Gasteiger partial charge in [0, 0.05) is 35.8 Å². The van der Waals surface area contributed by atoms with Gasteiger partial charge in [-0.3, -0.25) is 14.4 Å². The number of halogens is 6. The number of hydrogen-bond acceptors (Lipinski definition) is 3. The van der Waals surface area contributed by atoms with Crippen LogP contribution < -0.4 is 11.1 Å². The fraction of sp³-hybridized carbons (Fsp3) is 0.240. The van der Waals surface area contributed by atoms with Gasteiger partial charge in [0.25, 0.3) is 5.91 Å². The number of H-pyrrole nitrogens is 1. The molecule has 0 bridgehead atoms. The number of aromatic amines is 1. The smallest absolute Gasteiger partial charge is 0.368 e. The predicted molar refractivity (Wildman–Crippen MR) is 126 cm³/mol. The van der Waals surface area contributed by atoms with Crippen LogP contribution in [0.25, 0.3) is 10.9 Å². The molecule has 202 valence electrons. The number of nitrogens with zero attached hydrogens (tertiary/aromatic N) is 1. The number of para-hydroxylation sites is 1. The molecule has 7 nitrogen and oxygen atoms in total. The SMILES string of the molecule is CN(C(=O)c1cc(C(F)(F)F)cc(C(F)(F)F)c1)C(C=CC(=O)NCC(N)=O)Cc1c[nH]c2ccccc12. The van der Waals surface area contributed by atoms with Crippen molar-refractivity contribution >= 4 is 28.6 Å². The minimum atomic E-state index is -5.13. The maximum Gasteiger partial charge on any atom is 0.416 e. The molecular weight excluding hydrogens is 518 g/mol. The van der Waals surface area contributed by atoms with E-state index in [2.05, 4.69) is 10.3 Å². The third-order valence-corrected chi connectivity index (χ3v) is 5.66. The molecule has 0 aliphatic heterocycles. The fourth-order valence-electron chi connectivity index (χ4n) is 3.72. The Hall–Kier alpha value is -4.29. The third kappa shape index (κ3) is 6.93. The van der Waals surface area contributed by atoms with Crippen LogP contribution in [0.4, 0.5) is 26.3 Å². The maximum absolute atomic E-state index is 13.3. The molecule has 1 aromatic heterocycles. The first-order valence-electron chi connectivity index (χ1n) is 11.0. The number of primary amides is 1. The quantitative estimate of drug-likeness (QED) is 0.296. The molecule has 4 N–H and O–H groups in total. The lowest BCUT2D eigenvalue weighted by atomic mass is 10.0. The van der Waals surface area contributed by atoms with E-state index < -0.39 is 59.4 Å². The highest BCUT2D eigenvalue weighted by atomic mass is 19.4. The Balaban J connectivity index is 1.99. The number of nitrogens with one attached hydrogen (secondary N) is 2. The fourth-order valence-corrected chi connectivity index (χ4v) is 3.72. The van der Waals surface area contributed by atoms with Crippen LogP contribution in [0.1, 0.15) is 27.0 Å². The number of alkyl halides is 6. The molecule has 38 heavy (non-hydrogen) atoms. The van der Waals surface area contributed by atoms with Gasteiger partial charge in [-0.15, -0.1) is 0 Å². The second-order valence-corrected chi connectivity index (χ2v) is 8.38. The van der Waals surface area contributed by atoms with Crippen molar-refractivity contribution in [3.05, 3.63) is 83.1 Å². The van der Waals surface area contributed by atoms with E-state index in [4.69, 9.17) is 5.73 Å². The zero-order valence-electron chi connectivity index (χ0n) is 19.8. The molecule has 3 amide bonds. The summed E-state index contributed by atoms with van der Waals surface area (Å²) < 4.78 is 79.9. The van der Waals surface area contributed by atoms with Crippen molar-refractivity contribution in [2.75, 3.05) is 13.6 Å². The van der Waals surface area contributed by atoms with Crippen LogP contribution in [0, 0.1) is 0 Å². The molecule has 0 radical (unpaired) electrons. The van der Waals surface area contributed by atoms with Crippen LogP contribution in [0.15, 0.2) is 60.8 Å². The second kappa shape index (κ2) is 11.0. The second-order valence-electron chi connectivity index (χ2n) is 8.38. The van der Waals surface area contributed by atoms with Gasteiger partial charge in [0.05, 0.1) is 23.7 Å². The Morgan fingerprint density at radius 3 is 2.21 bits per heavy atom. The molecule has 0 spiro atoms. The Morgan fingerprint density at radius 1 is 1.03 bits per heavy atom. The normalized spacial score (nSPS) is 13.0. The molecule has 0 saturated heterocycles. The van der Waals surface area contributed by atoms with Crippen LogP contribution in [0.2, 0.25) is 0 Å². The van der Waals surface area contributed by atoms with E-state index in [9.17, 15) is 40.7 Å². The number of benzene rings is 2. The number of fused-ring (bicyclic) bond motifs is 1. The van der Waals surface area contributed by atoms with Crippen molar-refractivity contribution in [2.45, 2.75) is 24.8 Å². The van der Waals surface area contributed by atoms with E-state index in [1.807, 2.05) is 0 Å². The van der Waals surface area contributed by atoms with Gasteiger partial charge in [-0.1, -0.05) is 24.3 Å². The predicted octanol–water partition coefficient (Wildman–Crippen LogP) is 4.05. The van der Waals surface area contributed by atoms with Gasteiger partial charge < -0.3 is 20.9 Å². The van der Waals surface area contributed by atoms with E-state index in [0.29, 0.717) is 17.7 Å². The zero-order valence-corrected chi connectivity index (χ0v) is 19.8. The topological polar surface area (TPSA) is 108 Å². The minimum absolute atomic E-state index is 0.0525. The van der Waals surface area contributed by atoms with E-state index in [0.717, 1.165) is 21.9 Å². The molecule has 0 fully saturated rings. The van der Waals surface area contributed by atoms with Gasteiger partial charge in [0.15, 0.2) is 0 Å². The summed E-state index contributed by atoms with van der Waals surface area (Å²) in [4.78, 5) is 40.1. The standard InChI is InChI=1S/C25H22F6N4O3/c1-35(23(38)14-8-16(24(26,27)28)11-17(9-14)25(29,30)31)18(6-7-22(37)34-13-21(32)36)10-15-12-33-20-5-3-2-4-19(15)20/h2-9,11-12,18,33H,10,13H2,1H3,(H2,32,36)(H,34,37). The highest BCUT2D eigenvalue weighted by Crippen LogP contribution is 2.36. The Morgan fingerprint density at radius 2 is 1.63 bits per heavy atom. The van der Waals surface area contributed by atoms with Gasteiger partial charge in [0.1, 0.15) is 0 Å². The van der Waals surface area contributed by atoms with Gasteiger partial charge in [-0.2, -0.15) is 26.3 Å². The van der Waals surface area contributed by atoms with Crippen LogP contribution >= 0.6 is 0 Å². The minimum Gasteiger partial charge on any atom is -0.368 e. The first-order chi connectivity index (χ1) is 17.7. The number of carbonyl (C=O) groups is 3. The molecule has 1 atom stereocenters. The van der Waals surface area contributed by atoms with Gasteiger partial charge in [0.2, 0.25) is 11.8 Å². The number of hydrogen-bond donors (Lipinski definition) is 3. The first kappa shape index (κ1) is 28.3. The van der Waals surface area contributed by atoms with Crippen LogP contribution in [-0.2, 0) is 28.4 Å². The molecule has 3 rings (SSSR count). The Bertz CT molecular complexity index is 1350. The first-order valence-corrected chi connectivity index (χ1v) is 11.0. The zero-order chi connectivity index (χ0) is 28.3. The van der Waals surface area contributed by atoms with Gasteiger partial charge >= 0.3 is 12.4 Å². The summed E-state index contributed by atoms with van der Waals surface area (Å²) in [6.07, 6.45) is -6.30. The highest BCUT2D eigenvalue weighted by molar-refractivity contribution is 5.95. The number of aromatic nitrogens is 1. The average molecular weight is 540 g/mol. The van der Waals surface area contributed by atoms with E-state index in [1.54, 1.807) is 30.5 Å². The van der Waals surface area contributed by atoms with E-state index in [1.165, 1.54) is 13.1 Å². The summed E-state index contributed by atoms with van der Waals surface area (Å²) in [5.41, 5.74) is 2.33. The van der Waals surface area contributed by atoms with Gasteiger partial charge in [-0.05, 0) is 36.2 Å². The van der Waals surface area contributed by atoms with Crippen LogP contribution in [-0.4, -0.2) is 47.2 Å². The molecule has 3 aromatic rings. The number of rotatable bonds is 8. The van der Waals surface area contributed by atoms with Crippen molar-refractivity contribution in [3.8, 4) is 0 Å². The Kier molecular flexibility index (Phi) is 8.18. The van der Waals surface area contributed by atoms with Gasteiger partial charge in [-0.25, -0.2) is 0 Å². The summed E-state index contributed by atoms with van der Waals surface area (Å²) >= 11 is 0. The molecule has 2 aromatic carbocycles. The monoisotopic (exact) mass is 540 g/mol. The van der Waals surface area contributed by atoms with Crippen molar-refractivity contribution in [1.29, 1.82) is 0 Å². The van der Waals surface area contributed by atoms with Crippen molar-refractivity contribution in [2.24, 2.45) is 5.73 Å². The number of amides is 3. The number of nitrogens with two attached hydrogens (primary N) is 1. The summed E-state index contributed by atoms with van der Waals surface area (Å²) in [6, 6.07) is 6.76. The summed E-state index contributed by atoms with van der Waals surface area (Å²) in [7, 11) is 1.20. The van der Waals surface area contributed by atoms with Crippen molar-refractivity contribution < 1.29 is 40.7 Å². The summed E-state index contributed by atoms with van der Waals surface area (Å²) in [5.74, 6) is -2.68. The number of likely N-dealkylation sites (N-methyl/N-ethyl adjacent to an activating group) is 1. The highest BCUT2D eigenvalue weighted by Gasteiger charge is 2.38. The third-order valence-electron chi connectivity index (χ3n) is 5.66. The lowest BCUT2D eigenvalue weighted by Gasteiger charge is -2.26. The van der Waals surface area contributed by atoms with E-state index >= 15 is 0 Å². The van der Waals surface area contributed by atoms with Crippen LogP contribution in [0.5, 0.6) is 0 Å². The molecule has 1 unspecified atom stereocenters. The molecule has 13 heteroatoms. The molecule has 0 aliphatic rings.